The summed E-state index contributed by atoms with van der Waals surface area (Å²) in [5.41, 5.74) is 0. The zero-order valence-electron chi connectivity index (χ0n) is 30.7. The van der Waals surface area contributed by atoms with E-state index in [1.165, 1.54) is 141 Å². The predicted octanol–water partition coefficient (Wildman–Crippen LogP) is 13.3. The largest absolute Gasteiger partial charge is 0.481 e. The summed E-state index contributed by atoms with van der Waals surface area (Å²) in [6.45, 7) is 5.17. The van der Waals surface area contributed by atoms with E-state index in [9.17, 15) is 9.90 Å². The molecule has 0 saturated heterocycles. The highest BCUT2D eigenvalue weighted by atomic mass is 16.4. The second-order valence-electron chi connectivity index (χ2n) is 13.7. The van der Waals surface area contributed by atoms with Crippen molar-refractivity contribution in [1.29, 1.82) is 0 Å². The Morgan fingerprint density at radius 2 is 0.844 bits per heavy atom. The molecule has 262 valence electrons. The minimum Gasteiger partial charge on any atom is -0.481 e. The Hall–Kier alpha value is -1.61. The van der Waals surface area contributed by atoms with Crippen LogP contribution in [0.2, 0.25) is 0 Å². The maximum absolute atomic E-state index is 12.2. The van der Waals surface area contributed by atoms with E-state index in [0.29, 0.717) is 12.5 Å². The quantitative estimate of drug-likeness (QED) is 0.0570. The molecular weight excluding hydrogens is 550 g/mol. The maximum Gasteiger partial charge on any atom is 0.308 e. The van der Waals surface area contributed by atoms with E-state index >= 15 is 0 Å². The molecule has 1 atom stereocenters. The van der Waals surface area contributed by atoms with Crippen LogP contribution in [0.4, 0.5) is 0 Å². The first-order valence-corrected chi connectivity index (χ1v) is 19.5. The third-order valence-electron chi connectivity index (χ3n) is 9.00. The molecule has 45 heavy (non-hydrogen) atoms. The Balaban J connectivity index is 4.07. The van der Waals surface area contributed by atoms with Crippen molar-refractivity contribution in [2.75, 3.05) is 20.6 Å². The number of hydrogen-bond donors (Lipinski definition) is 1. The van der Waals surface area contributed by atoms with Crippen LogP contribution in [0.25, 0.3) is 0 Å². The van der Waals surface area contributed by atoms with Crippen molar-refractivity contribution in [1.82, 2.24) is 4.90 Å². The Morgan fingerprint density at radius 3 is 1.18 bits per heavy atom. The van der Waals surface area contributed by atoms with Gasteiger partial charge in [0.2, 0.25) is 0 Å². The summed E-state index contributed by atoms with van der Waals surface area (Å²) < 4.78 is 0. The summed E-state index contributed by atoms with van der Waals surface area (Å²) in [4.78, 5) is 14.2. The normalized spacial score (nSPS) is 13.8. The third kappa shape index (κ3) is 32.1. The number of carboxylic acid groups (broad SMARTS) is 1. The first-order valence-electron chi connectivity index (χ1n) is 19.5. The molecule has 0 spiro atoms. The summed E-state index contributed by atoms with van der Waals surface area (Å²) in [5, 5.41) is 10.0. The molecule has 0 aromatic heterocycles. The zero-order valence-corrected chi connectivity index (χ0v) is 30.7. The molecule has 0 aromatic carbocycles. The Morgan fingerprint density at radius 1 is 0.511 bits per heavy atom. The number of nitrogens with zero attached hydrogens (tertiary/aromatic N) is 1. The van der Waals surface area contributed by atoms with Gasteiger partial charge in [-0.05, 0) is 97.1 Å². The lowest BCUT2D eigenvalue weighted by Gasteiger charge is -2.26. The lowest BCUT2D eigenvalue weighted by Crippen LogP contribution is -2.33. The fraction of sp³-hybridized carbons (Fsp3) is 0.786. The van der Waals surface area contributed by atoms with Crippen molar-refractivity contribution in [3.05, 3.63) is 48.6 Å². The fourth-order valence-corrected chi connectivity index (χ4v) is 6.16. The van der Waals surface area contributed by atoms with Crippen LogP contribution in [-0.4, -0.2) is 36.6 Å². The van der Waals surface area contributed by atoms with Gasteiger partial charge in [-0.1, -0.05) is 152 Å². The molecule has 0 amide bonds. The predicted molar refractivity (Wildman–Crippen MR) is 201 cm³/mol. The van der Waals surface area contributed by atoms with Crippen LogP contribution in [0.1, 0.15) is 181 Å². The Bertz CT molecular complexity index is 687. The van der Waals surface area contributed by atoms with E-state index in [1.54, 1.807) is 0 Å². The number of allylic oxidation sites excluding steroid dienone is 8. The van der Waals surface area contributed by atoms with Crippen molar-refractivity contribution in [3.63, 3.8) is 0 Å². The summed E-state index contributed by atoms with van der Waals surface area (Å²) in [7, 11) is 4.02. The SMILES string of the molecule is CCCCCC=CCC=CCCCCCCCCC(CCCCCCCCC=CCC=CCCCCC)C(CN(C)C)C(=O)O. The van der Waals surface area contributed by atoms with Crippen LogP contribution in [0.15, 0.2) is 48.6 Å². The van der Waals surface area contributed by atoms with Gasteiger partial charge in [0.15, 0.2) is 0 Å². The summed E-state index contributed by atoms with van der Waals surface area (Å²) >= 11 is 0. The van der Waals surface area contributed by atoms with Gasteiger partial charge in [0, 0.05) is 6.54 Å². The van der Waals surface area contributed by atoms with Crippen LogP contribution in [-0.2, 0) is 4.79 Å². The molecular formula is C42H77NO2. The molecule has 1 N–H and O–H groups in total. The lowest BCUT2D eigenvalue weighted by atomic mass is 9.83. The summed E-state index contributed by atoms with van der Waals surface area (Å²) in [5.74, 6) is -0.536. The molecule has 3 nitrogen and oxygen atoms in total. The van der Waals surface area contributed by atoms with E-state index in [4.69, 9.17) is 0 Å². The minimum absolute atomic E-state index is 0.240. The molecule has 0 heterocycles. The monoisotopic (exact) mass is 628 g/mol. The van der Waals surface area contributed by atoms with Crippen molar-refractivity contribution in [2.45, 2.75) is 181 Å². The number of unbranched alkanes of at least 4 members (excludes halogenated alkanes) is 18. The first-order chi connectivity index (χ1) is 22.0. The van der Waals surface area contributed by atoms with Gasteiger partial charge in [0.05, 0.1) is 5.92 Å². The standard InChI is InChI=1S/C42H77NO2/c1-5-7-9-11-13-15-17-19-21-23-25-27-29-31-33-35-37-40(41(42(44)45)39-43(3)4)38-36-34-32-30-28-26-24-22-20-18-16-14-12-10-8-6-2/h13-16,19-22,40-41H,5-12,17-18,23-39H2,1-4H3,(H,44,45). The van der Waals surface area contributed by atoms with Crippen molar-refractivity contribution in [3.8, 4) is 0 Å². The second kappa shape index (κ2) is 35.2. The van der Waals surface area contributed by atoms with Crippen molar-refractivity contribution < 1.29 is 9.90 Å². The van der Waals surface area contributed by atoms with E-state index in [2.05, 4.69) is 67.4 Å². The van der Waals surface area contributed by atoms with E-state index in [0.717, 1.165) is 25.7 Å². The van der Waals surface area contributed by atoms with Gasteiger partial charge in [-0.2, -0.15) is 0 Å². The van der Waals surface area contributed by atoms with Gasteiger partial charge in [0.25, 0.3) is 0 Å². The smallest absolute Gasteiger partial charge is 0.308 e. The first kappa shape index (κ1) is 43.4. The lowest BCUT2D eigenvalue weighted by molar-refractivity contribution is -0.144. The van der Waals surface area contributed by atoms with Crippen LogP contribution in [0, 0.1) is 11.8 Å². The average Bonchev–Trinajstić information content (AvgIpc) is 3.02. The summed E-state index contributed by atoms with van der Waals surface area (Å²) in [6.07, 6.45) is 50.9. The fourth-order valence-electron chi connectivity index (χ4n) is 6.16. The second-order valence-corrected chi connectivity index (χ2v) is 13.7. The Labute approximate surface area is 282 Å². The highest BCUT2D eigenvalue weighted by Crippen LogP contribution is 2.27. The average molecular weight is 628 g/mol. The van der Waals surface area contributed by atoms with Crippen molar-refractivity contribution in [2.24, 2.45) is 11.8 Å². The van der Waals surface area contributed by atoms with Gasteiger partial charge >= 0.3 is 5.97 Å². The highest BCUT2D eigenvalue weighted by molar-refractivity contribution is 5.70. The molecule has 0 aliphatic rings. The molecule has 0 rings (SSSR count). The van der Waals surface area contributed by atoms with Gasteiger partial charge in [-0.3, -0.25) is 4.79 Å². The summed E-state index contributed by atoms with van der Waals surface area (Å²) in [6, 6.07) is 0. The van der Waals surface area contributed by atoms with Gasteiger partial charge < -0.3 is 10.0 Å². The molecule has 0 aliphatic carbocycles. The molecule has 0 saturated carbocycles. The van der Waals surface area contributed by atoms with Gasteiger partial charge in [0.1, 0.15) is 0 Å². The number of aliphatic carboxylic acids is 1. The van der Waals surface area contributed by atoms with Gasteiger partial charge in [-0.15, -0.1) is 0 Å². The number of carbonyl (C=O) groups is 1. The molecule has 1 unspecified atom stereocenters. The minimum atomic E-state index is -0.603. The molecule has 0 aromatic rings. The van der Waals surface area contributed by atoms with Crippen molar-refractivity contribution >= 4 is 5.97 Å². The van der Waals surface area contributed by atoms with Crippen LogP contribution in [0.3, 0.4) is 0 Å². The maximum atomic E-state index is 12.2. The van der Waals surface area contributed by atoms with E-state index in [1.807, 2.05) is 14.1 Å². The molecule has 0 fully saturated rings. The van der Waals surface area contributed by atoms with E-state index in [-0.39, 0.29) is 5.92 Å². The van der Waals surface area contributed by atoms with Crippen LogP contribution in [0.5, 0.6) is 0 Å². The third-order valence-corrected chi connectivity index (χ3v) is 9.00. The number of carboxylic acids is 1. The van der Waals surface area contributed by atoms with Crippen LogP contribution >= 0.6 is 0 Å². The van der Waals surface area contributed by atoms with E-state index < -0.39 is 5.97 Å². The zero-order chi connectivity index (χ0) is 33.1. The highest BCUT2D eigenvalue weighted by Gasteiger charge is 2.27. The topological polar surface area (TPSA) is 40.5 Å². The molecule has 0 radical (unpaired) electrons. The Kier molecular flexibility index (Phi) is 34.0. The molecule has 0 bridgehead atoms. The van der Waals surface area contributed by atoms with Gasteiger partial charge in [-0.25, -0.2) is 0 Å². The number of hydrogen-bond acceptors (Lipinski definition) is 2. The number of rotatable bonds is 34. The molecule has 3 heteroatoms. The van der Waals surface area contributed by atoms with Crippen LogP contribution < -0.4 is 0 Å². The molecule has 0 aliphatic heterocycles.